The summed E-state index contributed by atoms with van der Waals surface area (Å²) in [6.45, 7) is -0.137. The molecule has 1 aliphatic heterocycles. The minimum absolute atomic E-state index is 0.0513. The number of hydrogen-bond acceptors (Lipinski definition) is 6. The number of thiophene rings is 1. The van der Waals surface area contributed by atoms with Crippen molar-refractivity contribution in [2.45, 2.75) is 4.21 Å². The van der Waals surface area contributed by atoms with E-state index in [-0.39, 0.29) is 28.0 Å². The number of amides is 3. The van der Waals surface area contributed by atoms with Crippen LogP contribution in [-0.2, 0) is 10.0 Å². The van der Waals surface area contributed by atoms with E-state index in [0.29, 0.717) is 15.8 Å². The highest BCUT2D eigenvalue weighted by Gasteiger charge is 2.34. The van der Waals surface area contributed by atoms with Crippen molar-refractivity contribution in [1.82, 2.24) is 10.3 Å². The summed E-state index contributed by atoms with van der Waals surface area (Å²) >= 11 is 6.66. The lowest BCUT2D eigenvalue weighted by Gasteiger charge is -2.36. The smallest absolute Gasteiger partial charge is 0.338 e. The number of urea groups is 1. The van der Waals surface area contributed by atoms with E-state index in [2.05, 4.69) is 10.3 Å². The van der Waals surface area contributed by atoms with Gasteiger partial charge in [0.05, 0.1) is 22.7 Å². The van der Waals surface area contributed by atoms with Gasteiger partial charge in [-0.2, -0.15) is 0 Å². The standard InChI is InChI=1S/C20H17ClN4O5S2/c1-30-14-7-8-15-16(11-14)25(12-24(19(15)26)13-5-3-2-4-6-13)20(27)22-23-32(28,29)18-10-9-17(21)31-18/h2-11,23H,12H2,1H3,(H,22,27). The van der Waals surface area contributed by atoms with Crippen molar-refractivity contribution in [1.29, 1.82) is 0 Å². The summed E-state index contributed by atoms with van der Waals surface area (Å²) in [5.74, 6) is 0.142. The molecule has 166 valence electrons. The second kappa shape index (κ2) is 8.79. The number of halogens is 1. The van der Waals surface area contributed by atoms with Crippen LogP contribution in [0.4, 0.5) is 16.2 Å². The topological polar surface area (TPSA) is 108 Å². The minimum atomic E-state index is -4.02. The van der Waals surface area contributed by atoms with Crippen LogP contribution in [0.1, 0.15) is 10.4 Å². The molecule has 0 atom stereocenters. The van der Waals surface area contributed by atoms with Crippen molar-refractivity contribution in [3.63, 3.8) is 0 Å². The first-order valence-electron chi connectivity index (χ1n) is 9.20. The molecule has 0 saturated carbocycles. The summed E-state index contributed by atoms with van der Waals surface area (Å²) in [5, 5.41) is 0. The first kappa shape index (κ1) is 22.1. The number of ether oxygens (including phenoxy) is 1. The van der Waals surface area contributed by atoms with Gasteiger partial charge in [-0.05, 0) is 36.4 Å². The Morgan fingerprint density at radius 1 is 1.12 bits per heavy atom. The maximum Gasteiger partial charge on any atom is 0.338 e. The van der Waals surface area contributed by atoms with Crippen LogP contribution in [0.15, 0.2) is 64.9 Å². The quantitative estimate of drug-likeness (QED) is 0.530. The van der Waals surface area contributed by atoms with Gasteiger partial charge in [-0.25, -0.2) is 13.2 Å². The van der Waals surface area contributed by atoms with Crippen molar-refractivity contribution in [2.75, 3.05) is 23.6 Å². The lowest BCUT2D eigenvalue weighted by Crippen LogP contribution is -2.55. The third-order valence-electron chi connectivity index (χ3n) is 4.67. The number of fused-ring (bicyclic) bond motifs is 1. The molecule has 0 spiro atoms. The molecular formula is C20H17ClN4O5S2. The first-order valence-corrected chi connectivity index (χ1v) is 11.9. The molecule has 1 aromatic heterocycles. The Bertz CT molecular complexity index is 1280. The van der Waals surface area contributed by atoms with Gasteiger partial charge < -0.3 is 4.74 Å². The SMILES string of the molecule is COc1ccc2c(c1)N(C(=O)NNS(=O)(=O)c1ccc(Cl)s1)CN(c1ccccc1)C2=O. The lowest BCUT2D eigenvalue weighted by atomic mass is 10.1. The van der Waals surface area contributed by atoms with E-state index in [1.165, 1.54) is 29.0 Å². The normalized spacial score (nSPS) is 13.6. The Hall–Kier alpha value is -3.12. The van der Waals surface area contributed by atoms with Gasteiger partial charge in [0.1, 0.15) is 16.6 Å². The van der Waals surface area contributed by atoms with Crippen LogP contribution in [0.25, 0.3) is 0 Å². The second-order valence-electron chi connectivity index (χ2n) is 6.62. The van der Waals surface area contributed by atoms with Gasteiger partial charge in [0.25, 0.3) is 15.9 Å². The van der Waals surface area contributed by atoms with Gasteiger partial charge in [-0.15, -0.1) is 16.2 Å². The van der Waals surface area contributed by atoms with E-state index in [4.69, 9.17) is 16.3 Å². The van der Waals surface area contributed by atoms with E-state index in [0.717, 1.165) is 11.3 Å². The average Bonchev–Trinajstić information content (AvgIpc) is 3.25. The molecular weight excluding hydrogens is 476 g/mol. The molecule has 32 heavy (non-hydrogen) atoms. The maximum absolute atomic E-state index is 13.1. The molecule has 9 nitrogen and oxygen atoms in total. The number of methoxy groups -OCH3 is 1. The van der Waals surface area contributed by atoms with Crippen molar-refractivity contribution in [3.8, 4) is 5.75 Å². The monoisotopic (exact) mass is 492 g/mol. The fourth-order valence-corrected chi connectivity index (χ4v) is 5.44. The van der Waals surface area contributed by atoms with Gasteiger partial charge in [0, 0.05) is 11.8 Å². The highest BCUT2D eigenvalue weighted by molar-refractivity contribution is 7.91. The van der Waals surface area contributed by atoms with Crippen LogP contribution in [0.5, 0.6) is 5.75 Å². The van der Waals surface area contributed by atoms with E-state index in [9.17, 15) is 18.0 Å². The Labute approximate surface area is 193 Å². The third kappa shape index (κ3) is 4.28. The minimum Gasteiger partial charge on any atom is -0.497 e. The molecule has 0 unspecified atom stereocenters. The van der Waals surface area contributed by atoms with E-state index < -0.39 is 16.1 Å². The second-order valence-corrected chi connectivity index (χ2v) is 10.2. The van der Waals surface area contributed by atoms with Gasteiger partial charge in [-0.1, -0.05) is 29.8 Å². The molecule has 1 aliphatic rings. The highest BCUT2D eigenvalue weighted by atomic mass is 35.5. The first-order chi connectivity index (χ1) is 15.3. The average molecular weight is 493 g/mol. The summed E-state index contributed by atoms with van der Waals surface area (Å²) in [4.78, 5) is 30.8. The number of para-hydroxylation sites is 1. The summed E-state index contributed by atoms with van der Waals surface area (Å²) in [6, 6.07) is 15.6. The predicted octanol–water partition coefficient (Wildman–Crippen LogP) is 3.44. The molecule has 2 heterocycles. The number of rotatable bonds is 5. The summed E-state index contributed by atoms with van der Waals surface area (Å²) in [7, 11) is -2.55. The zero-order chi connectivity index (χ0) is 22.9. The van der Waals surface area contributed by atoms with Crippen molar-refractivity contribution >= 4 is 56.3 Å². The number of hydrogen-bond donors (Lipinski definition) is 2. The number of carbonyl (C=O) groups excluding carboxylic acids is 2. The van der Waals surface area contributed by atoms with Crippen LogP contribution in [-0.4, -0.2) is 34.1 Å². The Morgan fingerprint density at radius 3 is 2.53 bits per heavy atom. The summed E-state index contributed by atoms with van der Waals surface area (Å²) < 4.78 is 30.3. The summed E-state index contributed by atoms with van der Waals surface area (Å²) in [5.41, 5.74) is 3.34. The number of sulfonamides is 1. The van der Waals surface area contributed by atoms with Crippen LogP contribution >= 0.6 is 22.9 Å². The van der Waals surface area contributed by atoms with Crippen molar-refractivity contribution < 1.29 is 22.7 Å². The molecule has 0 aliphatic carbocycles. The van der Waals surface area contributed by atoms with E-state index >= 15 is 0 Å². The molecule has 2 aromatic carbocycles. The molecule has 3 aromatic rings. The Kier molecular flexibility index (Phi) is 6.07. The summed E-state index contributed by atoms with van der Waals surface area (Å²) in [6.07, 6.45) is 0. The van der Waals surface area contributed by atoms with Gasteiger partial charge in [0.2, 0.25) is 0 Å². The van der Waals surface area contributed by atoms with E-state index in [1.807, 2.05) is 6.07 Å². The van der Waals surface area contributed by atoms with Crippen LogP contribution < -0.4 is 24.8 Å². The molecule has 4 rings (SSSR count). The predicted molar refractivity (Wildman–Crippen MR) is 122 cm³/mol. The van der Waals surface area contributed by atoms with Gasteiger partial charge in [0.15, 0.2) is 0 Å². The number of anilines is 2. The van der Waals surface area contributed by atoms with Crippen LogP contribution in [0.3, 0.4) is 0 Å². The molecule has 2 N–H and O–H groups in total. The molecule has 0 saturated heterocycles. The lowest BCUT2D eigenvalue weighted by molar-refractivity contribution is 0.0983. The molecule has 0 bridgehead atoms. The van der Waals surface area contributed by atoms with Crippen LogP contribution in [0, 0.1) is 0 Å². The Morgan fingerprint density at radius 2 is 1.88 bits per heavy atom. The van der Waals surface area contributed by atoms with Crippen molar-refractivity contribution in [3.05, 3.63) is 70.6 Å². The zero-order valence-corrected chi connectivity index (χ0v) is 19.0. The number of nitrogens with one attached hydrogen (secondary N) is 2. The fraction of sp³-hybridized carbons (Fsp3) is 0.100. The number of benzene rings is 2. The molecule has 0 radical (unpaired) electrons. The van der Waals surface area contributed by atoms with Gasteiger partial charge in [-0.3, -0.25) is 20.0 Å². The molecule has 3 amide bonds. The number of carbonyl (C=O) groups is 2. The highest BCUT2D eigenvalue weighted by Crippen LogP contribution is 2.33. The van der Waals surface area contributed by atoms with E-state index in [1.54, 1.807) is 42.5 Å². The maximum atomic E-state index is 13.1. The number of nitrogens with zero attached hydrogens (tertiary/aromatic N) is 2. The van der Waals surface area contributed by atoms with Gasteiger partial charge >= 0.3 is 6.03 Å². The van der Waals surface area contributed by atoms with Crippen LogP contribution in [0.2, 0.25) is 4.34 Å². The molecule has 12 heteroatoms. The Balaban J connectivity index is 1.64. The molecule has 0 fully saturated rings. The largest absolute Gasteiger partial charge is 0.497 e. The van der Waals surface area contributed by atoms with Crippen molar-refractivity contribution in [2.24, 2.45) is 0 Å². The number of hydrazine groups is 1. The fourth-order valence-electron chi connectivity index (χ4n) is 3.12. The third-order valence-corrected chi connectivity index (χ3v) is 7.64. The zero-order valence-electron chi connectivity index (χ0n) is 16.6.